The fraction of sp³-hybridized carbons (Fsp3) is 0.429. The van der Waals surface area contributed by atoms with Crippen molar-refractivity contribution in [1.82, 2.24) is 15.0 Å². The fourth-order valence-electron chi connectivity index (χ4n) is 1.85. The van der Waals surface area contributed by atoms with Crippen LogP contribution in [0.25, 0.3) is 5.69 Å². The summed E-state index contributed by atoms with van der Waals surface area (Å²) in [5.74, 6) is 0. The predicted molar refractivity (Wildman–Crippen MR) is 70.8 cm³/mol. The van der Waals surface area contributed by atoms with Crippen LogP contribution in [0, 0.1) is 0 Å². The zero-order valence-corrected chi connectivity index (χ0v) is 10.7. The maximum Gasteiger partial charge on any atom is 0.0854 e. The number of aliphatic hydroxyl groups excluding tert-OH is 1. The first-order valence-electron chi connectivity index (χ1n) is 6.45. The summed E-state index contributed by atoms with van der Waals surface area (Å²) in [7, 11) is 0. The Balaban J connectivity index is 2.07. The molecule has 0 amide bonds. The second-order valence-electron chi connectivity index (χ2n) is 4.40. The largest absolute Gasteiger partial charge is 0.396 e. The molecule has 18 heavy (non-hydrogen) atoms. The van der Waals surface area contributed by atoms with Gasteiger partial charge in [-0.3, -0.25) is 0 Å². The number of unbranched alkanes of at least 4 members (excludes halogenated alkanes) is 1. The number of aromatic nitrogens is 3. The van der Waals surface area contributed by atoms with E-state index in [1.54, 1.807) is 4.68 Å². The monoisotopic (exact) mass is 245 g/mol. The van der Waals surface area contributed by atoms with Crippen LogP contribution in [0.2, 0.25) is 0 Å². The second kappa shape index (κ2) is 6.31. The van der Waals surface area contributed by atoms with Gasteiger partial charge in [-0.25, -0.2) is 4.68 Å². The van der Waals surface area contributed by atoms with Gasteiger partial charge >= 0.3 is 0 Å². The molecule has 1 heterocycles. The number of hydrogen-bond acceptors (Lipinski definition) is 3. The van der Waals surface area contributed by atoms with Gasteiger partial charge in [0.05, 0.1) is 17.6 Å². The van der Waals surface area contributed by atoms with Crippen molar-refractivity contribution in [2.75, 3.05) is 6.61 Å². The lowest BCUT2D eigenvalue weighted by atomic mass is 10.1. The zero-order chi connectivity index (χ0) is 12.8. The standard InChI is InChI=1S/C14H19N3O/c1-2-3-4-12-5-7-14(8-6-12)17-11-13(9-10-18)15-16-17/h5-8,11,18H,2-4,9-10H2,1H3. The van der Waals surface area contributed by atoms with Crippen molar-refractivity contribution < 1.29 is 5.11 Å². The number of aryl methyl sites for hydroxylation is 1. The molecule has 1 aromatic carbocycles. The van der Waals surface area contributed by atoms with Gasteiger partial charge in [0.15, 0.2) is 0 Å². The van der Waals surface area contributed by atoms with Gasteiger partial charge in [0.2, 0.25) is 0 Å². The fourth-order valence-corrected chi connectivity index (χ4v) is 1.85. The van der Waals surface area contributed by atoms with Gasteiger partial charge in [-0.1, -0.05) is 30.7 Å². The quantitative estimate of drug-likeness (QED) is 0.848. The van der Waals surface area contributed by atoms with E-state index in [0.29, 0.717) is 6.42 Å². The molecule has 96 valence electrons. The Morgan fingerprint density at radius 3 is 2.61 bits per heavy atom. The molecule has 1 aromatic heterocycles. The minimum absolute atomic E-state index is 0.106. The average molecular weight is 245 g/mol. The summed E-state index contributed by atoms with van der Waals surface area (Å²) in [6.45, 7) is 2.31. The Labute approximate surface area is 107 Å². The van der Waals surface area contributed by atoms with Gasteiger partial charge < -0.3 is 5.11 Å². The van der Waals surface area contributed by atoms with E-state index in [9.17, 15) is 0 Å². The number of aliphatic hydroxyl groups is 1. The Bertz CT molecular complexity index is 476. The summed E-state index contributed by atoms with van der Waals surface area (Å²) in [6, 6.07) is 8.39. The molecule has 0 saturated carbocycles. The van der Waals surface area contributed by atoms with Crippen LogP contribution in [0.3, 0.4) is 0 Å². The first kappa shape index (κ1) is 12.8. The van der Waals surface area contributed by atoms with Crippen LogP contribution in [-0.2, 0) is 12.8 Å². The van der Waals surface area contributed by atoms with Gasteiger partial charge in [0, 0.05) is 13.0 Å². The molecule has 0 saturated heterocycles. The van der Waals surface area contributed by atoms with Crippen LogP contribution in [-0.4, -0.2) is 26.7 Å². The van der Waals surface area contributed by atoms with Crippen molar-refractivity contribution in [1.29, 1.82) is 0 Å². The Morgan fingerprint density at radius 2 is 1.94 bits per heavy atom. The Morgan fingerprint density at radius 1 is 1.17 bits per heavy atom. The van der Waals surface area contributed by atoms with Crippen molar-refractivity contribution in [3.8, 4) is 5.69 Å². The summed E-state index contributed by atoms with van der Waals surface area (Å²) >= 11 is 0. The average Bonchev–Trinajstić information content (AvgIpc) is 2.86. The number of nitrogens with zero attached hydrogens (tertiary/aromatic N) is 3. The highest BCUT2D eigenvalue weighted by atomic mass is 16.3. The molecule has 0 fully saturated rings. The van der Waals surface area contributed by atoms with Crippen molar-refractivity contribution in [2.45, 2.75) is 32.6 Å². The second-order valence-corrected chi connectivity index (χ2v) is 4.40. The highest BCUT2D eigenvalue weighted by Gasteiger charge is 2.02. The van der Waals surface area contributed by atoms with E-state index in [0.717, 1.165) is 17.8 Å². The Kier molecular flexibility index (Phi) is 4.47. The summed E-state index contributed by atoms with van der Waals surface area (Å²) in [4.78, 5) is 0. The van der Waals surface area contributed by atoms with E-state index in [2.05, 4.69) is 41.5 Å². The minimum atomic E-state index is 0.106. The Hall–Kier alpha value is -1.68. The molecule has 4 heteroatoms. The zero-order valence-electron chi connectivity index (χ0n) is 10.7. The van der Waals surface area contributed by atoms with Crippen LogP contribution in [0.5, 0.6) is 0 Å². The summed E-state index contributed by atoms with van der Waals surface area (Å²) in [5, 5.41) is 16.9. The van der Waals surface area contributed by atoms with Gasteiger partial charge in [-0.2, -0.15) is 0 Å². The van der Waals surface area contributed by atoms with E-state index < -0.39 is 0 Å². The van der Waals surface area contributed by atoms with Crippen molar-refractivity contribution in [3.63, 3.8) is 0 Å². The maximum atomic E-state index is 8.84. The molecule has 1 N–H and O–H groups in total. The van der Waals surface area contributed by atoms with E-state index in [4.69, 9.17) is 5.11 Å². The van der Waals surface area contributed by atoms with Crippen LogP contribution >= 0.6 is 0 Å². The van der Waals surface area contributed by atoms with Gasteiger partial charge in [0.1, 0.15) is 0 Å². The smallest absolute Gasteiger partial charge is 0.0854 e. The van der Waals surface area contributed by atoms with Crippen LogP contribution in [0.15, 0.2) is 30.5 Å². The van der Waals surface area contributed by atoms with Gasteiger partial charge in [0.25, 0.3) is 0 Å². The summed E-state index contributed by atoms with van der Waals surface area (Å²) < 4.78 is 1.74. The normalized spacial score (nSPS) is 10.8. The molecule has 2 aromatic rings. The molecule has 0 spiro atoms. The molecular formula is C14H19N3O. The summed E-state index contributed by atoms with van der Waals surface area (Å²) in [6.07, 6.45) is 5.98. The van der Waals surface area contributed by atoms with Gasteiger partial charge in [-0.05, 0) is 30.5 Å². The lowest BCUT2D eigenvalue weighted by Gasteiger charge is -2.03. The lowest BCUT2D eigenvalue weighted by molar-refractivity contribution is 0.298. The maximum absolute atomic E-state index is 8.84. The van der Waals surface area contributed by atoms with Crippen LogP contribution < -0.4 is 0 Å². The first-order chi connectivity index (χ1) is 8.83. The van der Waals surface area contributed by atoms with E-state index in [1.165, 1.54) is 18.4 Å². The molecular weight excluding hydrogens is 226 g/mol. The molecule has 0 bridgehead atoms. The van der Waals surface area contributed by atoms with Crippen LogP contribution in [0.4, 0.5) is 0 Å². The molecule has 0 atom stereocenters. The molecule has 0 aliphatic rings. The topological polar surface area (TPSA) is 50.9 Å². The predicted octanol–water partition coefficient (Wildman–Crippen LogP) is 2.14. The van der Waals surface area contributed by atoms with Gasteiger partial charge in [-0.15, -0.1) is 5.10 Å². The molecule has 2 rings (SSSR count). The van der Waals surface area contributed by atoms with Crippen molar-refractivity contribution >= 4 is 0 Å². The molecule has 0 radical (unpaired) electrons. The lowest BCUT2D eigenvalue weighted by Crippen LogP contribution is -1.95. The SMILES string of the molecule is CCCCc1ccc(-n2cc(CCO)nn2)cc1. The summed E-state index contributed by atoms with van der Waals surface area (Å²) in [5.41, 5.74) is 3.18. The first-order valence-corrected chi connectivity index (χ1v) is 6.45. The minimum Gasteiger partial charge on any atom is -0.396 e. The highest BCUT2D eigenvalue weighted by molar-refractivity contribution is 5.33. The molecule has 0 aliphatic heterocycles. The molecule has 0 aliphatic carbocycles. The molecule has 4 nitrogen and oxygen atoms in total. The number of benzene rings is 1. The van der Waals surface area contributed by atoms with Crippen molar-refractivity contribution in [3.05, 3.63) is 41.7 Å². The van der Waals surface area contributed by atoms with Crippen molar-refractivity contribution in [2.24, 2.45) is 0 Å². The number of hydrogen-bond donors (Lipinski definition) is 1. The molecule has 0 unspecified atom stereocenters. The number of rotatable bonds is 6. The highest BCUT2D eigenvalue weighted by Crippen LogP contribution is 2.11. The third kappa shape index (κ3) is 3.17. The van der Waals surface area contributed by atoms with E-state index >= 15 is 0 Å². The third-order valence-corrected chi connectivity index (χ3v) is 2.93. The van der Waals surface area contributed by atoms with E-state index in [1.807, 2.05) is 6.20 Å². The van der Waals surface area contributed by atoms with Crippen LogP contribution in [0.1, 0.15) is 31.0 Å². The third-order valence-electron chi connectivity index (χ3n) is 2.93. The van der Waals surface area contributed by atoms with E-state index in [-0.39, 0.29) is 6.61 Å².